The van der Waals surface area contributed by atoms with E-state index in [1.54, 1.807) is 29.4 Å². The molecule has 1 saturated heterocycles. The van der Waals surface area contributed by atoms with Crippen LogP contribution in [0.25, 0.3) is 15.8 Å². The zero-order chi connectivity index (χ0) is 23.4. The number of carbonyl (C=O) groups excluding carboxylic acids is 2. The molecule has 2 aliphatic heterocycles. The van der Waals surface area contributed by atoms with Crippen molar-refractivity contribution in [2.75, 3.05) is 11.4 Å². The first-order chi connectivity index (χ1) is 16.5. The normalized spacial score (nSPS) is 23.0. The molecule has 6 rings (SSSR count). The predicted molar refractivity (Wildman–Crippen MR) is 131 cm³/mol. The summed E-state index contributed by atoms with van der Waals surface area (Å²) < 4.78 is 0. The van der Waals surface area contributed by atoms with E-state index in [0.717, 1.165) is 28.7 Å². The Balaban J connectivity index is 1.46. The SMILES string of the molecule is N#CC1(CN2C(=O)N(c3cncc4cccnc34)C(=O)C3SC(c4ccccc4Cl)=CC32)CC1. The molecule has 2 fully saturated rings. The molecule has 1 saturated carbocycles. The molecule has 2 atom stereocenters. The first-order valence-corrected chi connectivity index (χ1v) is 12.2. The van der Waals surface area contributed by atoms with E-state index in [1.165, 1.54) is 22.9 Å². The molecule has 3 amide bonds. The first-order valence-electron chi connectivity index (χ1n) is 10.9. The van der Waals surface area contributed by atoms with Gasteiger partial charge in [0.1, 0.15) is 5.25 Å². The number of hydrogen-bond donors (Lipinski definition) is 0. The molecule has 0 N–H and O–H groups in total. The van der Waals surface area contributed by atoms with Crippen molar-refractivity contribution in [3.05, 3.63) is 71.7 Å². The number of thioether (sulfide) groups is 1. The molecule has 7 nitrogen and oxygen atoms in total. The molecular weight excluding hydrogens is 470 g/mol. The highest BCUT2D eigenvalue weighted by Gasteiger charge is 2.54. The third kappa shape index (κ3) is 3.27. The summed E-state index contributed by atoms with van der Waals surface area (Å²) in [7, 11) is 0. The van der Waals surface area contributed by atoms with Crippen molar-refractivity contribution in [1.29, 1.82) is 5.26 Å². The number of hydrogen-bond acceptors (Lipinski definition) is 6. The van der Waals surface area contributed by atoms with Crippen molar-refractivity contribution in [2.24, 2.45) is 5.41 Å². The number of imide groups is 1. The molecule has 0 spiro atoms. The van der Waals surface area contributed by atoms with Crippen LogP contribution in [0.4, 0.5) is 10.5 Å². The number of halogens is 1. The zero-order valence-electron chi connectivity index (χ0n) is 17.9. The second kappa shape index (κ2) is 7.83. The average molecular weight is 488 g/mol. The maximum atomic E-state index is 13.9. The van der Waals surface area contributed by atoms with E-state index in [0.29, 0.717) is 16.2 Å². The summed E-state index contributed by atoms with van der Waals surface area (Å²) in [5.74, 6) is -0.323. The van der Waals surface area contributed by atoms with E-state index in [1.807, 2.05) is 30.3 Å². The van der Waals surface area contributed by atoms with E-state index in [4.69, 9.17) is 11.6 Å². The number of amides is 3. The van der Waals surface area contributed by atoms with Crippen LogP contribution in [0.5, 0.6) is 0 Å². The van der Waals surface area contributed by atoms with Crippen LogP contribution in [0.3, 0.4) is 0 Å². The zero-order valence-corrected chi connectivity index (χ0v) is 19.5. The molecule has 168 valence electrons. The van der Waals surface area contributed by atoms with Crippen LogP contribution >= 0.6 is 23.4 Å². The number of anilines is 1. The molecule has 2 unspecified atom stereocenters. The number of carbonyl (C=O) groups is 2. The van der Waals surface area contributed by atoms with Crippen molar-refractivity contribution in [1.82, 2.24) is 14.9 Å². The highest BCUT2D eigenvalue weighted by Crippen LogP contribution is 2.50. The molecule has 0 radical (unpaired) electrons. The van der Waals surface area contributed by atoms with Crippen LogP contribution < -0.4 is 4.90 Å². The van der Waals surface area contributed by atoms with Gasteiger partial charge in [0.05, 0.1) is 34.9 Å². The van der Waals surface area contributed by atoms with Gasteiger partial charge in [-0.05, 0) is 37.1 Å². The van der Waals surface area contributed by atoms with Crippen molar-refractivity contribution < 1.29 is 9.59 Å². The highest BCUT2D eigenvalue weighted by molar-refractivity contribution is 8.09. The van der Waals surface area contributed by atoms with E-state index in [9.17, 15) is 14.9 Å². The van der Waals surface area contributed by atoms with E-state index in [2.05, 4.69) is 16.0 Å². The molecule has 1 aliphatic carbocycles. The lowest BCUT2D eigenvalue weighted by Gasteiger charge is -2.41. The summed E-state index contributed by atoms with van der Waals surface area (Å²) in [4.78, 5) is 40.0. The largest absolute Gasteiger partial charge is 0.332 e. The number of nitrogens with zero attached hydrogens (tertiary/aromatic N) is 5. The van der Waals surface area contributed by atoms with Gasteiger partial charge in [-0.1, -0.05) is 29.8 Å². The summed E-state index contributed by atoms with van der Waals surface area (Å²) in [6, 6.07) is 12.5. The number of aromatic nitrogens is 2. The first kappa shape index (κ1) is 21.1. The minimum absolute atomic E-state index is 0.270. The molecule has 2 aromatic heterocycles. The summed E-state index contributed by atoms with van der Waals surface area (Å²) >= 11 is 7.84. The Morgan fingerprint density at radius 3 is 2.76 bits per heavy atom. The van der Waals surface area contributed by atoms with Gasteiger partial charge >= 0.3 is 6.03 Å². The lowest BCUT2D eigenvalue weighted by Crippen LogP contribution is -2.63. The number of rotatable bonds is 4. The molecule has 9 heteroatoms. The van der Waals surface area contributed by atoms with Gasteiger partial charge < -0.3 is 4.90 Å². The Labute approximate surface area is 205 Å². The minimum atomic E-state index is -0.562. The predicted octanol–water partition coefficient (Wildman–Crippen LogP) is 4.88. The van der Waals surface area contributed by atoms with E-state index >= 15 is 0 Å². The maximum Gasteiger partial charge on any atom is 0.332 e. The summed E-state index contributed by atoms with van der Waals surface area (Å²) in [5.41, 5.74) is 1.14. The Morgan fingerprint density at radius 2 is 2.00 bits per heavy atom. The van der Waals surface area contributed by atoms with Gasteiger partial charge in [0.2, 0.25) is 0 Å². The van der Waals surface area contributed by atoms with Crippen molar-refractivity contribution in [3.63, 3.8) is 0 Å². The van der Waals surface area contributed by atoms with Crippen LogP contribution in [-0.4, -0.2) is 44.6 Å². The van der Waals surface area contributed by atoms with Crippen LogP contribution in [0, 0.1) is 16.7 Å². The number of urea groups is 1. The van der Waals surface area contributed by atoms with Gasteiger partial charge in [-0.15, -0.1) is 11.8 Å². The fourth-order valence-corrected chi connectivity index (χ4v) is 6.22. The molecule has 1 aromatic carbocycles. The van der Waals surface area contributed by atoms with Crippen LogP contribution in [0.1, 0.15) is 18.4 Å². The third-order valence-corrected chi connectivity index (χ3v) is 8.26. The van der Waals surface area contributed by atoms with Gasteiger partial charge in [-0.2, -0.15) is 5.26 Å². The number of nitriles is 1. The molecule has 3 aromatic rings. The van der Waals surface area contributed by atoms with E-state index < -0.39 is 22.7 Å². The Bertz CT molecular complexity index is 1420. The lowest BCUT2D eigenvalue weighted by molar-refractivity contribution is -0.119. The third-order valence-electron chi connectivity index (χ3n) is 6.58. The standard InChI is InChI=1S/C25H18ClN5O2S/c26-17-6-2-1-5-16(17)20-10-18-22(34-20)23(32)31(24(33)30(18)14-25(13-27)7-8-25)19-12-28-11-15-4-3-9-29-21(15)19/h1-6,9-12,18,22H,7-8,14H2. The summed E-state index contributed by atoms with van der Waals surface area (Å²) in [5, 5.41) is 10.5. The van der Waals surface area contributed by atoms with Gasteiger partial charge in [0, 0.05) is 39.8 Å². The highest BCUT2D eigenvalue weighted by atomic mass is 35.5. The van der Waals surface area contributed by atoms with Crippen molar-refractivity contribution in [3.8, 4) is 6.07 Å². The fraction of sp³-hybridized carbons (Fsp3) is 0.240. The molecule has 0 bridgehead atoms. The van der Waals surface area contributed by atoms with Crippen molar-refractivity contribution >= 4 is 56.8 Å². The van der Waals surface area contributed by atoms with Crippen LogP contribution in [0.15, 0.2) is 61.1 Å². The topological polar surface area (TPSA) is 90.2 Å². The summed E-state index contributed by atoms with van der Waals surface area (Å²) in [6.07, 6.45) is 8.21. The fourth-order valence-electron chi connectivity index (χ4n) is 4.56. The van der Waals surface area contributed by atoms with Gasteiger partial charge in [-0.25, -0.2) is 9.69 Å². The Morgan fingerprint density at radius 1 is 1.18 bits per heavy atom. The molecule has 4 heterocycles. The van der Waals surface area contributed by atoms with E-state index in [-0.39, 0.29) is 12.5 Å². The Hall–Kier alpha value is -3.41. The number of pyridine rings is 2. The van der Waals surface area contributed by atoms with Gasteiger partial charge in [-0.3, -0.25) is 14.8 Å². The molecule has 3 aliphatic rings. The maximum absolute atomic E-state index is 13.9. The van der Waals surface area contributed by atoms with Crippen LogP contribution in [-0.2, 0) is 4.79 Å². The quantitative estimate of drug-likeness (QED) is 0.521. The summed E-state index contributed by atoms with van der Waals surface area (Å²) in [6.45, 7) is 0.270. The lowest BCUT2D eigenvalue weighted by atomic mass is 10.0. The monoisotopic (exact) mass is 487 g/mol. The van der Waals surface area contributed by atoms with Crippen LogP contribution in [0.2, 0.25) is 5.02 Å². The number of fused-ring (bicyclic) bond motifs is 2. The average Bonchev–Trinajstić information content (AvgIpc) is 3.50. The molecular formula is C25H18ClN5O2S. The molecule has 34 heavy (non-hydrogen) atoms. The second-order valence-corrected chi connectivity index (χ2v) is 10.3. The minimum Gasteiger partial charge on any atom is -0.314 e. The van der Waals surface area contributed by atoms with Crippen molar-refractivity contribution in [2.45, 2.75) is 24.1 Å². The Kier molecular flexibility index (Phi) is 4.87. The smallest absolute Gasteiger partial charge is 0.314 e. The van der Waals surface area contributed by atoms with Gasteiger partial charge in [0.25, 0.3) is 5.91 Å². The second-order valence-electron chi connectivity index (χ2n) is 8.75. The number of benzene rings is 1. The van der Waals surface area contributed by atoms with Gasteiger partial charge in [0.15, 0.2) is 0 Å².